The van der Waals surface area contributed by atoms with Crippen molar-refractivity contribution in [3.8, 4) is 22.4 Å². The zero-order valence-corrected chi connectivity index (χ0v) is 24.3. The highest BCUT2D eigenvalue weighted by atomic mass is 16.5. The summed E-state index contributed by atoms with van der Waals surface area (Å²) in [6, 6.07) is 13.0. The van der Waals surface area contributed by atoms with Gasteiger partial charge in [-0.15, -0.1) is 0 Å². The zero-order valence-electron chi connectivity index (χ0n) is 24.3. The summed E-state index contributed by atoms with van der Waals surface area (Å²) in [7, 11) is 1.66. The van der Waals surface area contributed by atoms with Gasteiger partial charge in [-0.3, -0.25) is 19.6 Å². The minimum absolute atomic E-state index is 0.0639. The number of carbonyl (C=O) groups is 1. The second-order valence-corrected chi connectivity index (χ2v) is 10.6. The number of nitrogens with two attached hydrogens (primary N) is 2. The predicted molar refractivity (Wildman–Crippen MR) is 171 cm³/mol. The molecule has 4 heterocycles. The van der Waals surface area contributed by atoms with Gasteiger partial charge in [0.25, 0.3) is 5.91 Å². The van der Waals surface area contributed by atoms with Gasteiger partial charge < -0.3 is 26.1 Å². The van der Waals surface area contributed by atoms with Gasteiger partial charge in [-0.2, -0.15) is 0 Å². The van der Waals surface area contributed by atoms with E-state index in [0.29, 0.717) is 46.4 Å². The fraction of sp³-hybridized carbons (Fsp3) is 0.242. The summed E-state index contributed by atoms with van der Waals surface area (Å²) < 4.78 is 7.47. The maximum atomic E-state index is 13.6. The fourth-order valence-corrected chi connectivity index (χ4v) is 5.08. The third-order valence-corrected chi connectivity index (χ3v) is 7.49. The maximum Gasteiger partial charge on any atom is 0.261 e. The lowest BCUT2D eigenvalue weighted by molar-refractivity contribution is 0.0612. The van der Waals surface area contributed by atoms with Crippen molar-refractivity contribution in [1.82, 2.24) is 14.5 Å². The number of nitrogens with zero attached hydrogens (tertiary/aromatic N) is 4. The third-order valence-electron chi connectivity index (χ3n) is 7.49. The van der Waals surface area contributed by atoms with Crippen molar-refractivity contribution >= 4 is 29.2 Å². The van der Waals surface area contributed by atoms with Gasteiger partial charge >= 0.3 is 0 Å². The number of benzene rings is 1. The van der Waals surface area contributed by atoms with Crippen molar-refractivity contribution in [2.75, 3.05) is 31.3 Å². The van der Waals surface area contributed by atoms with Crippen molar-refractivity contribution in [2.45, 2.75) is 26.3 Å². The van der Waals surface area contributed by atoms with E-state index in [1.165, 1.54) is 12.4 Å². The van der Waals surface area contributed by atoms with E-state index in [9.17, 15) is 9.59 Å². The van der Waals surface area contributed by atoms with Crippen molar-refractivity contribution in [3.05, 3.63) is 100 Å². The van der Waals surface area contributed by atoms with E-state index in [4.69, 9.17) is 16.2 Å². The first-order valence-corrected chi connectivity index (χ1v) is 14.1. The number of nitrogen functional groups attached to an aromatic ring is 1. The van der Waals surface area contributed by atoms with Crippen LogP contribution in [-0.4, -0.2) is 46.9 Å². The molecule has 43 heavy (non-hydrogen) atoms. The molecule has 0 spiro atoms. The van der Waals surface area contributed by atoms with Crippen LogP contribution in [0, 0.1) is 12.8 Å². The predicted octanol–water partition coefficient (Wildman–Crippen LogP) is 4.54. The Hall–Kier alpha value is -5.09. The fourth-order valence-electron chi connectivity index (χ4n) is 5.08. The van der Waals surface area contributed by atoms with Crippen LogP contribution in [0.25, 0.3) is 28.0 Å². The number of rotatable bonds is 8. The average Bonchev–Trinajstić information content (AvgIpc) is 3.02. The van der Waals surface area contributed by atoms with Crippen molar-refractivity contribution in [1.29, 1.82) is 0 Å². The van der Waals surface area contributed by atoms with Crippen LogP contribution in [0.5, 0.6) is 0 Å². The quantitative estimate of drug-likeness (QED) is 0.260. The number of carbonyl (C=O) groups excluding carboxylic acids is 1. The minimum atomic E-state index is -0.506. The van der Waals surface area contributed by atoms with E-state index < -0.39 is 5.91 Å². The molecule has 4 aromatic rings. The second kappa shape index (κ2) is 13.3. The van der Waals surface area contributed by atoms with Crippen molar-refractivity contribution in [3.63, 3.8) is 0 Å². The Kier molecular flexibility index (Phi) is 9.07. The van der Waals surface area contributed by atoms with Crippen molar-refractivity contribution in [2.24, 2.45) is 16.6 Å². The van der Waals surface area contributed by atoms with Gasteiger partial charge in [0, 0.05) is 80.1 Å². The lowest BCUT2D eigenvalue weighted by Crippen LogP contribution is -2.26. The lowest BCUT2D eigenvalue weighted by Gasteiger charge is -2.23. The second-order valence-electron chi connectivity index (χ2n) is 10.6. The zero-order chi connectivity index (χ0) is 30.3. The molecule has 0 bridgehead atoms. The molecule has 5 N–H and O–H groups in total. The summed E-state index contributed by atoms with van der Waals surface area (Å²) in [5, 5.41) is 2.84. The smallest absolute Gasteiger partial charge is 0.261 e. The number of aromatic nitrogens is 3. The van der Waals surface area contributed by atoms with Crippen LogP contribution in [0.3, 0.4) is 0 Å². The average molecular weight is 578 g/mol. The number of ether oxygens (including phenoxy) is 1. The van der Waals surface area contributed by atoms with Crippen LogP contribution >= 0.6 is 0 Å². The van der Waals surface area contributed by atoms with Gasteiger partial charge in [-0.1, -0.05) is 29.8 Å². The summed E-state index contributed by atoms with van der Waals surface area (Å²) in [5.74, 6) is 0.200. The normalized spacial score (nSPS) is 14.2. The van der Waals surface area contributed by atoms with E-state index in [0.717, 1.165) is 42.7 Å². The van der Waals surface area contributed by atoms with Crippen LogP contribution in [0.2, 0.25) is 0 Å². The maximum absolute atomic E-state index is 13.6. The molecule has 1 aromatic carbocycles. The van der Waals surface area contributed by atoms with Crippen LogP contribution in [0.15, 0.2) is 83.2 Å². The van der Waals surface area contributed by atoms with Crippen LogP contribution < -0.4 is 22.2 Å². The third kappa shape index (κ3) is 6.87. The monoisotopic (exact) mass is 577 g/mol. The summed E-state index contributed by atoms with van der Waals surface area (Å²) in [6.07, 6.45) is 11.6. The van der Waals surface area contributed by atoms with Gasteiger partial charge in [0.05, 0.1) is 17.6 Å². The Labute approximate surface area is 250 Å². The molecule has 1 amide bonds. The highest BCUT2D eigenvalue weighted by Crippen LogP contribution is 2.27. The molecular weight excluding hydrogens is 542 g/mol. The molecule has 1 aliphatic heterocycles. The van der Waals surface area contributed by atoms with E-state index >= 15 is 0 Å². The molecule has 220 valence electrons. The highest BCUT2D eigenvalue weighted by molar-refractivity contribution is 6.10. The Bertz CT molecular complexity index is 1720. The first-order valence-electron chi connectivity index (χ1n) is 14.1. The molecule has 3 aromatic heterocycles. The summed E-state index contributed by atoms with van der Waals surface area (Å²) in [6.45, 7) is 4.12. The highest BCUT2D eigenvalue weighted by Gasteiger charge is 2.20. The van der Waals surface area contributed by atoms with Gasteiger partial charge in [0.2, 0.25) is 5.43 Å². The van der Waals surface area contributed by atoms with E-state index in [-0.39, 0.29) is 11.0 Å². The molecule has 0 radical (unpaired) electrons. The molecule has 10 nitrogen and oxygen atoms in total. The first kappa shape index (κ1) is 29.4. The lowest BCUT2D eigenvalue weighted by atomic mass is 9.99. The van der Waals surface area contributed by atoms with Crippen LogP contribution in [-0.2, 0) is 11.3 Å². The first-order chi connectivity index (χ1) is 20.9. The van der Waals surface area contributed by atoms with Gasteiger partial charge in [0.15, 0.2) is 0 Å². The molecule has 1 aliphatic rings. The molecule has 0 aliphatic carbocycles. The number of amides is 1. The van der Waals surface area contributed by atoms with Gasteiger partial charge in [-0.25, -0.2) is 4.98 Å². The molecule has 1 fully saturated rings. The number of allylic oxidation sites excluding steroid dienone is 1. The Balaban J connectivity index is 1.43. The molecule has 1 saturated heterocycles. The van der Waals surface area contributed by atoms with Gasteiger partial charge in [-0.05, 0) is 49.4 Å². The molecule has 0 saturated carbocycles. The number of nitrogens with one attached hydrogen (secondary N) is 1. The number of aliphatic imine (C=N–C) groups is 1. The van der Waals surface area contributed by atoms with Crippen LogP contribution in [0.1, 0.15) is 34.3 Å². The SMILES string of the molecule is CN=CC(=CN)c1cnc(N)c(-c2ccc(NC(=O)c3cn(CC4CCOCC4)cc(-c4ccc(C)cc4)c3=O)cn2)c1. The molecular formula is C33H35N7O3. The van der Waals surface area contributed by atoms with Crippen LogP contribution in [0.4, 0.5) is 11.5 Å². The summed E-state index contributed by atoms with van der Waals surface area (Å²) in [5.41, 5.74) is 17.0. The van der Waals surface area contributed by atoms with E-state index in [1.54, 1.807) is 37.8 Å². The minimum Gasteiger partial charge on any atom is -0.404 e. The number of anilines is 2. The topological polar surface area (TPSA) is 151 Å². The standard InChI is InChI=1S/C33H35N7O3/c1-21-3-5-23(6-4-21)28-19-40(18-22-9-11-43-12-10-22)20-29(31(28)41)33(42)39-26-7-8-30(37-17-26)27-13-24(16-38-32(27)35)25(14-34)15-36-2/h3-8,13-17,19-20,22H,9-12,18,34H2,1-2H3,(H2,35,38)(H,39,42). The Morgan fingerprint density at radius 3 is 2.53 bits per heavy atom. The van der Waals surface area contributed by atoms with E-state index in [2.05, 4.69) is 20.3 Å². The number of hydrogen-bond acceptors (Lipinski definition) is 8. The number of hydrogen-bond donors (Lipinski definition) is 3. The molecule has 5 rings (SSSR count). The van der Waals surface area contributed by atoms with Gasteiger partial charge in [0.1, 0.15) is 11.4 Å². The molecule has 10 heteroatoms. The molecule has 0 atom stereocenters. The number of aryl methyl sites for hydroxylation is 1. The Morgan fingerprint density at radius 1 is 1.09 bits per heavy atom. The number of pyridine rings is 3. The van der Waals surface area contributed by atoms with E-state index in [1.807, 2.05) is 48.0 Å². The van der Waals surface area contributed by atoms with Crippen molar-refractivity contribution < 1.29 is 9.53 Å². The largest absolute Gasteiger partial charge is 0.404 e. The Morgan fingerprint density at radius 2 is 1.86 bits per heavy atom. The summed E-state index contributed by atoms with van der Waals surface area (Å²) >= 11 is 0. The summed E-state index contributed by atoms with van der Waals surface area (Å²) in [4.78, 5) is 39.9. The molecule has 0 unspecified atom stereocenters.